The van der Waals surface area contributed by atoms with E-state index in [4.69, 9.17) is 0 Å². The lowest BCUT2D eigenvalue weighted by atomic mass is 9.98. The van der Waals surface area contributed by atoms with Gasteiger partial charge in [-0.2, -0.15) is 9.40 Å². The predicted molar refractivity (Wildman–Crippen MR) is 75.9 cm³/mol. The van der Waals surface area contributed by atoms with Gasteiger partial charge in [0.25, 0.3) is 0 Å². The van der Waals surface area contributed by atoms with Gasteiger partial charge in [-0.1, -0.05) is 0 Å². The van der Waals surface area contributed by atoms with Gasteiger partial charge in [0.2, 0.25) is 10.0 Å². The van der Waals surface area contributed by atoms with Crippen LogP contribution in [0.5, 0.6) is 0 Å². The van der Waals surface area contributed by atoms with Gasteiger partial charge in [-0.15, -0.1) is 0 Å². The number of rotatable bonds is 3. The van der Waals surface area contributed by atoms with E-state index in [2.05, 4.69) is 5.10 Å². The number of sulfonamides is 1. The third-order valence-electron chi connectivity index (χ3n) is 4.03. The smallest absolute Gasteiger partial charge is 0.247 e. The molecule has 1 N–H and O–H groups in total. The standard InChI is InChI=1S/C13H23N3O3S/c1-9-12(10(2)15(5)14-9)20(18,19)16-8-6-7-11(16)13(3,4)17/h11,17H,6-8H2,1-5H3. The van der Waals surface area contributed by atoms with E-state index in [-0.39, 0.29) is 10.9 Å². The Labute approximate surface area is 120 Å². The van der Waals surface area contributed by atoms with Gasteiger partial charge < -0.3 is 5.11 Å². The Kier molecular flexibility index (Phi) is 3.73. The Hall–Kier alpha value is -0.920. The van der Waals surface area contributed by atoms with Crippen LogP contribution in [0.4, 0.5) is 0 Å². The zero-order valence-electron chi connectivity index (χ0n) is 12.7. The molecular weight excluding hydrogens is 278 g/mol. The number of aliphatic hydroxyl groups is 1. The van der Waals surface area contributed by atoms with Crippen LogP contribution in [0, 0.1) is 13.8 Å². The Morgan fingerprint density at radius 3 is 2.40 bits per heavy atom. The van der Waals surface area contributed by atoms with Crippen molar-refractivity contribution in [3.8, 4) is 0 Å². The molecule has 1 aliphatic rings. The van der Waals surface area contributed by atoms with Crippen molar-refractivity contribution in [2.45, 2.75) is 57.1 Å². The highest BCUT2D eigenvalue weighted by molar-refractivity contribution is 7.89. The van der Waals surface area contributed by atoms with Gasteiger partial charge in [-0.25, -0.2) is 8.42 Å². The second-order valence-electron chi connectivity index (χ2n) is 6.05. The Morgan fingerprint density at radius 2 is 1.95 bits per heavy atom. The van der Waals surface area contributed by atoms with Gasteiger partial charge in [0.05, 0.1) is 23.0 Å². The highest BCUT2D eigenvalue weighted by atomic mass is 32.2. The second kappa shape index (κ2) is 4.82. The third-order valence-corrected chi connectivity index (χ3v) is 6.19. The first kappa shape index (κ1) is 15.5. The molecule has 2 rings (SSSR count). The van der Waals surface area contributed by atoms with Gasteiger partial charge in [-0.3, -0.25) is 4.68 Å². The van der Waals surface area contributed by atoms with Crippen molar-refractivity contribution in [2.24, 2.45) is 7.05 Å². The maximum absolute atomic E-state index is 12.9. The number of nitrogens with zero attached hydrogens (tertiary/aromatic N) is 3. The Balaban J connectivity index is 2.50. The fourth-order valence-electron chi connectivity index (χ4n) is 2.98. The number of aromatic nitrogens is 2. The lowest BCUT2D eigenvalue weighted by Crippen LogP contribution is -2.48. The lowest BCUT2D eigenvalue weighted by molar-refractivity contribution is 0.0214. The molecule has 2 heterocycles. The summed E-state index contributed by atoms with van der Waals surface area (Å²) < 4.78 is 28.8. The van der Waals surface area contributed by atoms with Crippen LogP contribution in [-0.2, 0) is 17.1 Å². The van der Waals surface area contributed by atoms with E-state index in [0.29, 0.717) is 24.4 Å². The molecule has 1 aromatic heterocycles. The molecule has 0 bridgehead atoms. The minimum Gasteiger partial charge on any atom is -0.389 e. The Bertz CT molecular complexity index is 614. The zero-order valence-corrected chi connectivity index (χ0v) is 13.5. The van der Waals surface area contributed by atoms with Gasteiger partial charge in [0.1, 0.15) is 4.90 Å². The second-order valence-corrected chi connectivity index (χ2v) is 7.88. The maximum atomic E-state index is 12.9. The molecule has 0 saturated carbocycles. The summed E-state index contributed by atoms with van der Waals surface area (Å²) in [5.41, 5.74) is 0.0865. The van der Waals surface area contributed by atoms with Gasteiger partial charge >= 0.3 is 0 Å². The van der Waals surface area contributed by atoms with Crippen LogP contribution in [0.2, 0.25) is 0 Å². The predicted octanol–water partition coefficient (Wildman–Crippen LogP) is 0.961. The molecule has 1 aromatic rings. The third kappa shape index (κ3) is 2.38. The fourth-order valence-corrected chi connectivity index (χ4v) is 5.20. The summed E-state index contributed by atoms with van der Waals surface area (Å²) in [6, 6.07) is -0.383. The number of hydrogen-bond acceptors (Lipinski definition) is 4. The van der Waals surface area contributed by atoms with Crippen LogP contribution >= 0.6 is 0 Å². The molecule has 0 radical (unpaired) electrons. The largest absolute Gasteiger partial charge is 0.389 e. The van der Waals surface area contributed by atoms with Crippen LogP contribution in [0.15, 0.2) is 4.90 Å². The number of aryl methyl sites for hydroxylation is 2. The average molecular weight is 301 g/mol. The van der Waals surface area contributed by atoms with Crippen LogP contribution in [0.3, 0.4) is 0 Å². The molecule has 0 spiro atoms. The first-order valence-corrected chi connectivity index (χ1v) is 8.25. The van der Waals surface area contributed by atoms with Crippen LogP contribution in [-0.4, -0.2) is 45.8 Å². The van der Waals surface area contributed by atoms with E-state index < -0.39 is 15.6 Å². The summed E-state index contributed by atoms with van der Waals surface area (Å²) in [5, 5.41) is 14.4. The van der Waals surface area contributed by atoms with Gasteiger partial charge in [-0.05, 0) is 40.5 Å². The minimum atomic E-state index is -3.62. The van der Waals surface area contributed by atoms with Crippen LogP contribution in [0.25, 0.3) is 0 Å². The molecule has 0 aromatic carbocycles. The monoisotopic (exact) mass is 301 g/mol. The molecule has 0 amide bonds. The molecule has 7 heteroatoms. The fraction of sp³-hybridized carbons (Fsp3) is 0.769. The first-order chi connectivity index (χ1) is 9.06. The normalized spacial score (nSPS) is 21.6. The maximum Gasteiger partial charge on any atom is 0.247 e. The SMILES string of the molecule is Cc1nn(C)c(C)c1S(=O)(=O)N1CCCC1C(C)(C)O. The molecule has 1 aliphatic heterocycles. The van der Waals surface area contributed by atoms with Gasteiger partial charge in [0.15, 0.2) is 0 Å². The molecule has 0 aliphatic carbocycles. The van der Waals surface area contributed by atoms with E-state index in [1.54, 1.807) is 39.4 Å². The first-order valence-electron chi connectivity index (χ1n) is 6.81. The van der Waals surface area contributed by atoms with Crippen LogP contribution in [0.1, 0.15) is 38.1 Å². The molecule has 114 valence electrons. The average Bonchev–Trinajstić information content (AvgIpc) is 2.84. The van der Waals surface area contributed by atoms with Gasteiger partial charge in [0, 0.05) is 13.6 Å². The van der Waals surface area contributed by atoms with Crippen molar-refractivity contribution in [1.29, 1.82) is 0 Å². The summed E-state index contributed by atoms with van der Waals surface area (Å²) in [4.78, 5) is 0.274. The van der Waals surface area contributed by atoms with E-state index in [1.165, 1.54) is 4.31 Å². The Morgan fingerprint density at radius 1 is 1.35 bits per heavy atom. The van der Waals surface area contributed by atoms with E-state index in [1.807, 2.05) is 0 Å². The van der Waals surface area contributed by atoms with E-state index in [9.17, 15) is 13.5 Å². The quantitative estimate of drug-likeness (QED) is 0.902. The van der Waals surface area contributed by atoms with Crippen molar-refractivity contribution in [3.05, 3.63) is 11.4 Å². The summed E-state index contributed by atoms with van der Waals surface area (Å²) in [5.74, 6) is 0. The van der Waals surface area contributed by atoms with Crippen molar-refractivity contribution < 1.29 is 13.5 Å². The molecule has 1 fully saturated rings. The molecule has 20 heavy (non-hydrogen) atoms. The van der Waals surface area contributed by atoms with E-state index in [0.717, 1.165) is 6.42 Å². The zero-order chi connectivity index (χ0) is 15.3. The molecule has 6 nitrogen and oxygen atoms in total. The molecular formula is C13H23N3O3S. The highest BCUT2D eigenvalue weighted by Gasteiger charge is 2.44. The molecule has 1 atom stereocenters. The van der Waals surface area contributed by atoms with Crippen LogP contribution < -0.4 is 0 Å². The topological polar surface area (TPSA) is 75.4 Å². The summed E-state index contributed by atoms with van der Waals surface area (Å²) in [6.07, 6.45) is 1.45. The summed E-state index contributed by atoms with van der Waals surface area (Å²) in [7, 11) is -1.89. The van der Waals surface area contributed by atoms with Crippen molar-refractivity contribution in [2.75, 3.05) is 6.54 Å². The number of hydrogen-bond donors (Lipinski definition) is 1. The summed E-state index contributed by atoms with van der Waals surface area (Å²) in [6.45, 7) is 7.23. The highest BCUT2D eigenvalue weighted by Crippen LogP contribution is 2.33. The lowest BCUT2D eigenvalue weighted by Gasteiger charge is -2.33. The molecule has 1 saturated heterocycles. The molecule has 1 unspecified atom stereocenters. The summed E-state index contributed by atoms with van der Waals surface area (Å²) >= 11 is 0. The van der Waals surface area contributed by atoms with E-state index >= 15 is 0 Å². The van der Waals surface area contributed by atoms with Crippen molar-refractivity contribution >= 4 is 10.0 Å². The minimum absolute atomic E-state index is 0.274. The van der Waals surface area contributed by atoms with Crippen molar-refractivity contribution in [3.63, 3.8) is 0 Å². The van der Waals surface area contributed by atoms with Crippen molar-refractivity contribution in [1.82, 2.24) is 14.1 Å².